The van der Waals surface area contributed by atoms with Crippen LogP contribution in [-0.4, -0.2) is 33.1 Å². The van der Waals surface area contributed by atoms with E-state index in [0.29, 0.717) is 31.3 Å². The zero-order valence-corrected chi connectivity index (χ0v) is 9.52. The molecule has 17 heavy (non-hydrogen) atoms. The number of terminal acetylenes is 1. The lowest BCUT2D eigenvalue weighted by Crippen LogP contribution is -2.06. The van der Waals surface area contributed by atoms with Crippen molar-refractivity contribution < 1.29 is 18.6 Å². The predicted molar refractivity (Wildman–Crippen MR) is 63.1 cm³/mol. The van der Waals surface area contributed by atoms with E-state index in [1.54, 1.807) is 24.3 Å². The lowest BCUT2D eigenvalue weighted by Gasteiger charge is -2.07. The molecular weight excluding hydrogens is 223 g/mol. The molecule has 1 rings (SSSR count). The normalized spacial score (nSPS) is 9.65. The van der Waals surface area contributed by atoms with Crippen molar-refractivity contribution in [3.05, 3.63) is 24.3 Å². The molecule has 0 saturated heterocycles. The quantitative estimate of drug-likeness (QED) is 0.512. The summed E-state index contributed by atoms with van der Waals surface area (Å²) < 4.78 is 27.4. The number of hydrogen-bond acceptors (Lipinski definition) is 3. The molecule has 0 aliphatic heterocycles. The molecule has 4 heteroatoms. The molecule has 0 heterocycles. The van der Waals surface area contributed by atoms with Crippen molar-refractivity contribution >= 4 is 0 Å². The van der Waals surface area contributed by atoms with E-state index in [-0.39, 0.29) is 6.61 Å². The van der Waals surface area contributed by atoms with E-state index in [1.807, 2.05) is 0 Å². The molecule has 0 fully saturated rings. The smallest absolute Gasteiger partial charge is 0.123 e. The molecule has 0 radical (unpaired) electrons. The monoisotopic (exact) mass is 238 g/mol. The Morgan fingerprint density at radius 3 is 2.12 bits per heavy atom. The fourth-order valence-electron chi connectivity index (χ4n) is 1.14. The van der Waals surface area contributed by atoms with E-state index >= 15 is 0 Å². The summed E-state index contributed by atoms with van der Waals surface area (Å²) in [7, 11) is 0. The first-order valence-corrected chi connectivity index (χ1v) is 5.29. The topological polar surface area (TPSA) is 27.7 Å². The average Bonchev–Trinajstić information content (AvgIpc) is 2.37. The van der Waals surface area contributed by atoms with E-state index in [2.05, 4.69) is 5.92 Å². The second-order valence-corrected chi connectivity index (χ2v) is 3.11. The highest BCUT2D eigenvalue weighted by Crippen LogP contribution is 2.17. The Kier molecular flexibility index (Phi) is 6.61. The Morgan fingerprint density at radius 1 is 1.00 bits per heavy atom. The number of ether oxygens (including phenoxy) is 3. The van der Waals surface area contributed by atoms with Gasteiger partial charge in [0.05, 0.1) is 6.61 Å². The van der Waals surface area contributed by atoms with E-state index in [1.165, 1.54) is 0 Å². The maximum atomic E-state index is 11.8. The highest BCUT2D eigenvalue weighted by Gasteiger charge is 1.96. The molecule has 1 aromatic carbocycles. The summed E-state index contributed by atoms with van der Waals surface area (Å²) in [4.78, 5) is 0. The summed E-state index contributed by atoms with van der Waals surface area (Å²) in [6.07, 6.45) is 5.02. The summed E-state index contributed by atoms with van der Waals surface area (Å²) in [5.74, 6) is 3.70. The number of rotatable bonds is 8. The lowest BCUT2D eigenvalue weighted by molar-refractivity contribution is 0.124. The van der Waals surface area contributed by atoms with Gasteiger partial charge in [-0.1, -0.05) is 5.92 Å². The van der Waals surface area contributed by atoms with Crippen LogP contribution in [0.1, 0.15) is 0 Å². The van der Waals surface area contributed by atoms with Crippen LogP contribution in [0, 0.1) is 12.3 Å². The van der Waals surface area contributed by atoms with Crippen molar-refractivity contribution in [3.63, 3.8) is 0 Å². The minimum absolute atomic E-state index is 0.0696. The maximum absolute atomic E-state index is 11.8. The molecule has 0 atom stereocenters. The molecular formula is C13H15FO3. The van der Waals surface area contributed by atoms with E-state index in [9.17, 15) is 4.39 Å². The Bertz CT molecular complexity index is 343. The van der Waals surface area contributed by atoms with Gasteiger partial charge in [0.1, 0.15) is 38.0 Å². The standard InChI is InChI=1S/C13H15FO3/c1-2-8-15-10-11-17-13-5-3-12(4-6-13)16-9-7-14/h1,3-6H,7-11H2. The van der Waals surface area contributed by atoms with Crippen LogP contribution in [0.3, 0.4) is 0 Å². The highest BCUT2D eigenvalue weighted by molar-refractivity contribution is 5.31. The summed E-state index contributed by atoms with van der Waals surface area (Å²) in [5, 5.41) is 0. The zero-order valence-electron chi connectivity index (χ0n) is 9.52. The van der Waals surface area contributed by atoms with Gasteiger partial charge in [-0.05, 0) is 24.3 Å². The molecule has 0 aliphatic carbocycles. The Balaban J connectivity index is 2.23. The van der Waals surface area contributed by atoms with Crippen molar-refractivity contribution in [1.82, 2.24) is 0 Å². The molecule has 0 unspecified atom stereocenters. The Morgan fingerprint density at radius 2 is 1.59 bits per heavy atom. The Hall–Kier alpha value is -1.73. The maximum Gasteiger partial charge on any atom is 0.123 e. The van der Waals surface area contributed by atoms with Crippen LogP contribution in [0.25, 0.3) is 0 Å². The van der Waals surface area contributed by atoms with Crippen LogP contribution >= 0.6 is 0 Å². The molecule has 0 spiro atoms. The predicted octanol–water partition coefficient (Wildman–Crippen LogP) is 2.06. The molecule has 0 amide bonds. The lowest BCUT2D eigenvalue weighted by atomic mass is 10.3. The van der Waals surface area contributed by atoms with E-state index < -0.39 is 6.67 Å². The number of halogens is 1. The summed E-state index contributed by atoms with van der Waals surface area (Å²) >= 11 is 0. The Labute approximate surface area is 100 Å². The summed E-state index contributed by atoms with van der Waals surface area (Å²) in [6.45, 7) is 0.751. The van der Waals surface area contributed by atoms with Crippen LogP contribution in [0.5, 0.6) is 11.5 Å². The van der Waals surface area contributed by atoms with Gasteiger partial charge >= 0.3 is 0 Å². The van der Waals surface area contributed by atoms with Crippen molar-refractivity contribution in [1.29, 1.82) is 0 Å². The van der Waals surface area contributed by atoms with Gasteiger partial charge in [0.25, 0.3) is 0 Å². The van der Waals surface area contributed by atoms with Crippen LogP contribution in [-0.2, 0) is 4.74 Å². The minimum atomic E-state index is -0.495. The molecule has 0 N–H and O–H groups in total. The first-order chi connectivity index (χ1) is 8.36. The minimum Gasteiger partial charge on any atom is -0.491 e. The van der Waals surface area contributed by atoms with Gasteiger partial charge in [-0.25, -0.2) is 4.39 Å². The largest absolute Gasteiger partial charge is 0.491 e. The molecule has 3 nitrogen and oxygen atoms in total. The molecule has 1 aromatic rings. The van der Waals surface area contributed by atoms with Crippen molar-refractivity contribution in [2.45, 2.75) is 0 Å². The molecule has 92 valence electrons. The van der Waals surface area contributed by atoms with Gasteiger partial charge in [0, 0.05) is 0 Å². The zero-order chi connectivity index (χ0) is 12.3. The van der Waals surface area contributed by atoms with Crippen molar-refractivity contribution in [2.75, 3.05) is 33.1 Å². The molecule has 0 saturated carbocycles. The third-order valence-electron chi connectivity index (χ3n) is 1.85. The van der Waals surface area contributed by atoms with Gasteiger partial charge < -0.3 is 14.2 Å². The van der Waals surface area contributed by atoms with Crippen LogP contribution in [0.4, 0.5) is 4.39 Å². The first-order valence-electron chi connectivity index (χ1n) is 5.29. The second kappa shape index (κ2) is 8.43. The van der Waals surface area contributed by atoms with Crippen molar-refractivity contribution in [2.24, 2.45) is 0 Å². The molecule has 0 aromatic heterocycles. The van der Waals surface area contributed by atoms with Gasteiger partial charge in [-0.2, -0.15) is 0 Å². The highest BCUT2D eigenvalue weighted by atomic mass is 19.1. The average molecular weight is 238 g/mol. The third-order valence-corrected chi connectivity index (χ3v) is 1.85. The summed E-state index contributed by atoms with van der Waals surface area (Å²) in [6, 6.07) is 6.98. The molecule has 0 bridgehead atoms. The van der Waals surface area contributed by atoms with E-state index in [4.69, 9.17) is 20.6 Å². The van der Waals surface area contributed by atoms with Crippen LogP contribution in [0.2, 0.25) is 0 Å². The number of benzene rings is 1. The van der Waals surface area contributed by atoms with Gasteiger partial charge in [0.15, 0.2) is 0 Å². The number of alkyl halides is 1. The van der Waals surface area contributed by atoms with Gasteiger partial charge in [-0.3, -0.25) is 0 Å². The van der Waals surface area contributed by atoms with Crippen LogP contribution < -0.4 is 9.47 Å². The van der Waals surface area contributed by atoms with Gasteiger partial charge in [-0.15, -0.1) is 6.42 Å². The summed E-state index contributed by atoms with van der Waals surface area (Å²) in [5.41, 5.74) is 0. The van der Waals surface area contributed by atoms with Gasteiger partial charge in [0.2, 0.25) is 0 Å². The SMILES string of the molecule is C#CCOCCOc1ccc(OCCF)cc1. The fourth-order valence-corrected chi connectivity index (χ4v) is 1.14. The third kappa shape index (κ3) is 5.79. The second-order valence-electron chi connectivity index (χ2n) is 3.11. The van der Waals surface area contributed by atoms with Crippen LogP contribution in [0.15, 0.2) is 24.3 Å². The first kappa shape index (κ1) is 13.3. The molecule has 0 aliphatic rings. The fraction of sp³-hybridized carbons (Fsp3) is 0.385. The van der Waals surface area contributed by atoms with E-state index in [0.717, 1.165) is 0 Å². The number of hydrogen-bond donors (Lipinski definition) is 0. The van der Waals surface area contributed by atoms with Crippen molar-refractivity contribution in [3.8, 4) is 23.8 Å².